The molecule has 1 atom stereocenters. The first-order valence-corrected chi connectivity index (χ1v) is 13.0. The standard InChI is InChI=1S/C27H29N3O5S/c1-4-34-26(32)23-17(2)28-27-30(24(23)18-8-10-19(33-3)11-9-18)25(31)21(36-27)16-20-12-13-22(35-20)29-14-6-5-7-15-29/h8-13,16,24H,4-7,14-15H2,1-3H3/b21-16+/t24-/m0/s1. The van der Waals surface area contributed by atoms with Crippen LogP contribution in [-0.2, 0) is 9.53 Å². The fourth-order valence-electron chi connectivity index (χ4n) is 4.73. The number of carbonyl (C=O) groups excluding carboxylic acids is 1. The predicted octanol–water partition coefficient (Wildman–Crippen LogP) is 3.39. The van der Waals surface area contributed by atoms with Gasteiger partial charge in [0.1, 0.15) is 11.5 Å². The molecule has 0 spiro atoms. The third-order valence-electron chi connectivity index (χ3n) is 6.50. The highest BCUT2D eigenvalue weighted by molar-refractivity contribution is 7.07. The van der Waals surface area contributed by atoms with E-state index in [1.165, 1.54) is 17.8 Å². The van der Waals surface area contributed by atoms with Crippen molar-refractivity contribution in [3.8, 4) is 5.75 Å². The Labute approximate surface area is 212 Å². The maximum Gasteiger partial charge on any atom is 0.338 e. The fourth-order valence-corrected chi connectivity index (χ4v) is 5.75. The van der Waals surface area contributed by atoms with Crippen molar-refractivity contribution in [2.24, 2.45) is 4.99 Å². The van der Waals surface area contributed by atoms with Crippen LogP contribution in [0.15, 0.2) is 61.9 Å². The zero-order valence-corrected chi connectivity index (χ0v) is 21.5. The fraction of sp³-hybridized carbons (Fsp3) is 0.370. The number of hydrogen-bond acceptors (Lipinski definition) is 8. The molecule has 36 heavy (non-hydrogen) atoms. The Morgan fingerprint density at radius 2 is 1.92 bits per heavy atom. The largest absolute Gasteiger partial charge is 0.497 e. The Morgan fingerprint density at radius 3 is 2.61 bits per heavy atom. The first kappa shape index (κ1) is 24.1. The molecule has 3 aromatic rings. The lowest BCUT2D eigenvalue weighted by molar-refractivity contribution is -0.139. The number of esters is 1. The van der Waals surface area contributed by atoms with Crippen LogP contribution in [0.1, 0.15) is 50.5 Å². The van der Waals surface area contributed by atoms with E-state index in [9.17, 15) is 9.59 Å². The second-order valence-electron chi connectivity index (χ2n) is 8.80. The summed E-state index contributed by atoms with van der Waals surface area (Å²) in [7, 11) is 1.59. The van der Waals surface area contributed by atoms with E-state index in [0.29, 0.717) is 32.1 Å². The van der Waals surface area contributed by atoms with E-state index >= 15 is 0 Å². The number of anilines is 1. The quantitative estimate of drug-likeness (QED) is 0.476. The number of nitrogens with zero attached hydrogens (tertiary/aromatic N) is 3. The van der Waals surface area contributed by atoms with Gasteiger partial charge >= 0.3 is 5.97 Å². The molecule has 0 bridgehead atoms. The van der Waals surface area contributed by atoms with Crippen molar-refractivity contribution >= 4 is 29.3 Å². The average molecular weight is 508 g/mol. The van der Waals surface area contributed by atoms with Gasteiger partial charge in [0.05, 0.1) is 35.6 Å². The summed E-state index contributed by atoms with van der Waals surface area (Å²) >= 11 is 1.28. The molecular weight excluding hydrogens is 478 g/mol. The number of furan rings is 1. The van der Waals surface area contributed by atoms with Crippen LogP contribution in [-0.4, -0.2) is 37.3 Å². The number of methoxy groups -OCH3 is 1. The Kier molecular flexibility index (Phi) is 6.82. The van der Waals surface area contributed by atoms with Gasteiger partial charge in [-0.2, -0.15) is 0 Å². The molecule has 4 heterocycles. The van der Waals surface area contributed by atoms with E-state index in [4.69, 9.17) is 13.9 Å². The lowest BCUT2D eigenvalue weighted by Crippen LogP contribution is -2.39. The number of aromatic nitrogens is 1. The van der Waals surface area contributed by atoms with Gasteiger partial charge in [-0.3, -0.25) is 9.36 Å². The number of thiazole rings is 1. The Balaban J connectivity index is 1.60. The molecule has 0 unspecified atom stereocenters. The number of rotatable bonds is 6. The Morgan fingerprint density at radius 1 is 1.17 bits per heavy atom. The van der Waals surface area contributed by atoms with E-state index in [1.54, 1.807) is 31.6 Å². The maximum atomic E-state index is 13.7. The molecular formula is C27H29N3O5S. The van der Waals surface area contributed by atoms with Gasteiger partial charge in [-0.15, -0.1) is 0 Å². The zero-order chi connectivity index (χ0) is 25.2. The summed E-state index contributed by atoms with van der Waals surface area (Å²) in [5, 5.41) is 0. The highest BCUT2D eigenvalue weighted by Gasteiger charge is 2.33. The van der Waals surface area contributed by atoms with Crippen molar-refractivity contribution in [1.29, 1.82) is 0 Å². The molecule has 0 N–H and O–H groups in total. The second-order valence-corrected chi connectivity index (χ2v) is 9.81. The van der Waals surface area contributed by atoms with Crippen LogP contribution in [0, 0.1) is 0 Å². The first-order valence-electron chi connectivity index (χ1n) is 12.2. The SMILES string of the molecule is CCOC(=O)C1=C(C)N=c2s/c(=C/c3ccc(N4CCCCC4)o3)c(=O)n2[C@H]1c1ccc(OC)cc1. The molecule has 2 aromatic heterocycles. The predicted molar refractivity (Wildman–Crippen MR) is 138 cm³/mol. The number of fused-ring (bicyclic) bond motifs is 1. The van der Waals surface area contributed by atoms with Crippen LogP contribution in [0.3, 0.4) is 0 Å². The topological polar surface area (TPSA) is 86.3 Å². The van der Waals surface area contributed by atoms with Gasteiger partial charge in [0, 0.05) is 25.2 Å². The van der Waals surface area contributed by atoms with E-state index in [1.807, 2.05) is 36.4 Å². The smallest absolute Gasteiger partial charge is 0.338 e. The summed E-state index contributed by atoms with van der Waals surface area (Å²) in [4.78, 5) is 34.1. The van der Waals surface area contributed by atoms with Crippen LogP contribution >= 0.6 is 11.3 Å². The average Bonchev–Trinajstić information content (AvgIpc) is 3.48. The number of ether oxygens (including phenoxy) is 2. The van der Waals surface area contributed by atoms with Crippen molar-refractivity contribution < 1.29 is 18.7 Å². The molecule has 0 amide bonds. The minimum Gasteiger partial charge on any atom is -0.497 e. The number of piperidine rings is 1. The molecule has 1 aromatic carbocycles. The zero-order valence-electron chi connectivity index (χ0n) is 20.7. The summed E-state index contributed by atoms with van der Waals surface area (Å²) < 4.78 is 18.8. The molecule has 0 aliphatic carbocycles. The highest BCUT2D eigenvalue weighted by atomic mass is 32.1. The number of benzene rings is 1. The maximum absolute atomic E-state index is 13.7. The van der Waals surface area contributed by atoms with Crippen LogP contribution in [0.25, 0.3) is 6.08 Å². The van der Waals surface area contributed by atoms with E-state index in [0.717, 1.165) is 37.4 Å². The third-order valence-corrected chi connectivity index (χ3v) is 7.49. The van der Waals surface area contributed by atoms with Crippen molar-refractivity contribution in [1.82, 2.24) is 4.57 Å². The normalized spacial score (nSPS) is 18.1. The van der Waals surface area contributed by atoms with Gasteiger partial charge in [-0.1, -0.05) is 23.5 Å². The van der Waals surface area contributed by atoms with Crippen molar-refractivity contribution in [3.63, 3.8) is 0 Å². The molecule has 2 aliphatic heterocycles. The molecule has 0 saturated carbocycles. The summed E-state index contributed by atoms with van der Waals surface area (Å²) in [5.74, 6) is 1.64. The van der Waals surface area contributed by atoms with E-state index in [-0.39, 0.29) is 12.2 Å². The summed E-state index contributed by atoms with van der Waals surface area (Å²) in [6, 6.07) is 10.5. The number of allylic oxidation sites excluding steroid dienone is 1. The molecule has 1 fully saturated rings. The van der Waals surface area contributed by atoms with Gasteiger partial charge < -0.3 is 18.8 Å². The monoisotopic (exact) mass is 507 g/mol. The molecule has 188 valence electrons. The van der Waals surface area contributed by atoms with Crippen LogP contribution in [0.4, 0.5) is 5.88 Å². The number of hydrogen-bond donors (Lipinski definition) is 0. The summed E-state index contributed by atoms with van der Waals surface area (Å²) in [5.41, 5.74) is 1.43. The van der Waals surface area contributed by atoms with Gasteiger partial charge in [0.25, 0.3) is 5.56 Å². The van der Waals surface area contributed by atoms with Gasteiger partial charge in [-0.25, -0.2) is 9.79 Å². The third kappa shape index (κ3) is 4.51. The molecule has 0 radical (unpaired) electrons. The molecule has 5 rings (SSSR count). The molecule has 8 nitrogen and oxygen atoms in total. The molecule has 2 aliphatic rings. The minimum atomic E-state index is -0.658. The van der Waals surface area contributed by atoms with Crippen LogP contribution in [0.5, 0.6) is 5.75 Å². The van der Waals surface area contributed by atoms with Crippen molar-refractivity contribution in [3.05, 3.63) is 78.7 Å². The van der Waals surface area contributed by atoms with E-state index in [2.05, 4.69) is 9.89 Å². The molecule has 9 heteroatoms. The summed E-state index contributed by atoms with van der Waals surface area (Å²) in [6.07, 6.45) is 5.31. The first-order chi connectivity index (χ1) is 17.5. The Bertz CT molecular complexity index is 1470. The van der Waals surface area contributed by atoms with Gasteiger partial charge in [-0.05, 0) is 56.9 Å². The lowest BCUT2D eigenvalue weighted by atomic mass is 9.96. The van der Waals surface area contributed by atoms with Gasteiger partial charge in [0.2, 0.25) is 0 Å². The van der Waals surface area contributed by atoms with Crippen molar-refractivity contribution in [2.75, 3.05) is 31.7 Å². The highest BCUT2D eigenvalue weighted by Crippen LogP contribution is 2.31. The molecule has 1 saturated heterocycles. The lowest BCUT2D eigenvalue weighted by Gasteiger charge is -2.25. The van der Waals surface area contributed by atoms with E-state index < -0.39 is 12.0 Å². The van der Waals surface area contributed by atoms with Crippen molar-refractivity contribution in [2.45, 2.75) is 39.2 Å². The van der Waals surface area contributed by atoms with Crippen LogP contribution < -0.4 is 24.5 Å². The Hall–Kier alpha value is -3.59. The second kappa shape index (κ2) is 10.2. The summed E-state index contributed by atoms with van der Waals surface area (Å²) in [6.45, 7) is 5.72. The van der Waals surface area contributed by atoms with Gasteiger partial charge in [0.15, 0.2) is 10.7 Å². The minimum absolute atomic E-state index is 0.229. The number of carbonyl (C=O) groups is 1. The van der Waals surface area contributed by atoms with Crippen LogP contribution in [0.2, 0.25) is 0 Å².